The van der Waals surface area contributed by atoms with Crippen molar-refractivity contribution in [2.24, 2.45) is 0 Å². The summed E-state index contributed by atoms with van der Waals surface area (Å²) in [5.74, 6) is -0.0221. The zero-order chi connectivity index (χ0) is 15.2. The highest BCUT2D eigenvalue weighted by atomic mass is 35.5. The normalized spacial score (nSPS) is 10.7. The van der Waals surface area contributed by atoms with Crippen molar-refractivity contribution < 1.29 is 13.5 Å². The molecule has 0 aliphatic heterocycles. The van der Waals surface area contributed by atoms with Gasteiger partial charge in [-0.1, -0.05) is 42.8 Å². The Kier molecular flexibility index (Phi) is 5.39. The van der Waals surface area contributed by atoms with E-state index in [1.807, 2.05) is 12.1 Å². The van der Waals surface area contributed by atoms with Crippen LogP contribution in [0.1, 0.15) is 18.1 Å². The van der Waals surface area contributed by atoms with Gasteiger partial charge in [0.2, 0.25) is 0 Å². The fourth-order valence-corrected chi connectivity index (χ4v) is 2.30. The number of ether oxygens (including phenoxy) is 1. The summed E-state index contributed by atoms with van der Waals surface area (Å²) < 4.78 is 28.6. The number of benzene rings is 2. The van der Waals surface area contributed by atoms with Gasteiger partial charge in [-0.15, -0.1) is 0 Å². The van der Waals surface area contributed by atoms with Gasteiger partial charge in [0.05, 0.1) is 5.02 Å². The molecular formula is C16H16ClF2NO. The summed E-state index contributed by atoms with van der Waals surface area (Å²) in [4.78, 5) is 0. The van der Waals surface area contributed by atoms with Crippen molar-refractivity contribution in [1.29, 1.82) is 0 Å². The molecule has 0 spiro atoms. The molecule has 0 fully saturated rings. The molecular weight excluding hydrogens is 296 g/mol. The second-order valence-electron chi connectivity index (χ2n) is 4.50. The molecule has 1 N–H and O–H groups in total. The van der Waals surface area contributed by atoms with Crippen LogP contribution in [0.2, 0.25) is 5.02 Å². The summed E-state index contributed by atoms with van der Waals surface area (Å²) in [5.41, 5.74) is 3.23. The number of anilines is 1. The van der Waals surface area contributed by atoms with Gasteiger partial charge in [-0.3, -0.25) is 0 Å². The fraction of sp³-hybridized carbons (Fsp3) is 0.250. The maximum Gasteiger partial charge on any atom is 0.387 e. The van der Waals surface area contributed by atoms with Crippen molar-refractivity contribution in [1.82, 2.24) is 0 Å². The van der Waals surface area contributed by atoms with Gasteiger partial charge >= 0.3 is 6.61 Å². The van der Waals surface area contributed by atoms with Crippen molar-refractivity contribution >= 4 is 17.3 Å². The molecule has 0 amide bonds. The Morgan fingerprint density at radius 3 is 2.48 bits per heavy atom. The van der Waals surface area contributed by atoms with E-state index in [9.17, 15) is 8.78 Å². The number of hydrogen-bond acceptors (Lipinski definition) is 2. The van der Waals surface area contributed by atoms with Crippen LogP contribution >= 0.6 is 11.6 Å². The molecule has 2 nitrogen and oxygen atoms in total. The van der Waals surface area contributed by atoms with E-state index in [1.54, 1.807) is 12.1 Å². The second kappa shape index (κ2) is 7.27. The van der Waals surface area contributed by atoms with E-state index in [2.05, 4.69) is 29.1 Å². The summed E-state index contributed by atoms with van der Waals surface area (Å²) in [6, 6.07) is 12.8. The topological polar surface area (TPSA) is 21.3 Å². The van der Waals surface area contributed by atoms with E-state index in [1.165, 1.54) is 17.2 Å². The monoisotopic (exact) mass is 311 g/mol. The van der Waals surface area contributed by atoms with Crippen molar-refractivity contribution in [3.8, 4) is 5.75 Å². The van der Waals surface area contributed by atoms with Gasteiger partial charge in [0.25, 0.3) is 0 Å². The van der Waals surface area contributed by atoms with E-state index in [-0.39, 0.29) is 10.8 Å². The Hall–Kier alpha value is -1.81. The first-order valence-electron chi connectivity index (χ1n) is 6.65. The second-order valence-corrected chi connectivity index (χ2v) is 4.91. The lowest BCUT2D eigenvalue weighted by molar-refractivity contribution is -0.0497. The van der Waals surface area contributed by atoms with E-state index in [4.69, 9.17) is 11.6 Å². The van der Waals surface area contributed by atoms with Crippen LogP contribution in [0.25, 0.3) is 0 Å². The zero-order valence-electron chi connectivity index (χ0n) is 11.6. The number of hydrogen-bond donors (Lipinski definition) is 1. The average Bonchev–Trinajstić information content (AvgIpc) is 2.47. The van der Waals surface area contributed by atoms with Gasteiger partial charge < -0.3 is 10.1 Å². The highest BCUT2D eigenvalue weighted by molar-refractivity contribution is 6.32. The summed E-state index contributed by atoms with van der Waals surface area (Å²) in [7, 11) is 0. The van der Waals surface area contributed by atoms with Crippen molar-refractivity contribution in [2.75, 3.05) is 5.32 Å². The predicted octanol–water partition coefficient (Wildman–Crippen LogP) is 5.12. The van der Waals surface area contributed by atoms with E-state index in [0.29, 0.717) is 6.54 Å². The lowest BCUT2D eigenvalue weighted by atomic mass is 10.1. The molecule has 0 heterocycles. The van der Waals surface area contributed by atoms with E-state index in [0.717, 1.165) is 12.1 Å². The first kappa shape index (κ1) is 15.6. The number of alkyl halides is 2. The van der Waals surface area contributed by atoms with Crippen LogP contribution in [0.4, 0.5) is 14.5 Å². The standard InChI is InChI=1S/C16H16ClF2NO/c1-2-11-5-3-4-6-12(11)10-20-13-7-8-15(14(17)9-13)21-16(18)19/h3-9,16,20H,2,10H2,1H3. The molecule has 112 valence electrons. The molecule has 0 saturated carbocycles. The van der Waals surface area contributed by atoms with Crippen LogP contribution in [0, 0.1) is 0 Å². The van der Waals surface area contributed by atoms with Crippen LogP contribution in [-0.4, -0.2) is 6.61 Å². The van der Waals surface area contributed by atoms with E-state index < -0.39 is 6.61 Å². The first-order chi connectivity index (χ1) is 10.1. The van der Waals surface area contributed by atoms with Gasteiger partial charge in [-0.2, -0.15) is 8.78 Å². The van der Waals surface area contributed by atoms with Crippen molar-refractivity contribution in [3.63, 3.8) is 0 Å². The maximum absolute atomic E-state index is 12.2. The molecule has 5 heteroatoms. The van der Waals surface area contributed by atoms with Crippen LogP contribution < -0.4 is 10.1 Å². The molecule has 0 atom stereocenters. The SMILES string of the molecule is CCc1ccccc1CNc1ccc(OC(F)F)c(Cl)c1. The molecule has 2 aromatic rings. The Morgan fingerprint density at radius 1 is 1.14 bits per heavy atom. The molecule has 2 rings (SSSR count). The van der Waals surface area contributed by atoms with Gasteiger partial charge in [-0.25, -0.2) is 0 Å². The number of nitrogens with one attached hydrogen (secondary N) is 1. The molecule has 0 radical (unpaired) electrons. The van der Waals surface area contributed by atoms with Crippen LogP contribution in [-0.2, 0) is 13.0 Å². The Balaban J connectivity index is 2.05. The Bertz CT molecular complexity index is 605. The number of halogens is 3. The van der Waals surface area contributed by atoms with Crippen molar-refractivity contribution in [2.45, 2.75) is 26.5 Å². The summed E-state index contributed by atoms with van der Waals surface area (Å²) in [5, 5.41) is 3.39. The fourth-order valence-electron chi connectivity index (χ4n) is 2.07. The van der Waals surface area contributed by atoms with Gasteiger partial charge in [0, 0.05) is 12.2 Å². The summed E-state index contributed by atoms with van der Waals surface area (Å²) in [6.07, 6.45) is 0.958. The smallest absolute Gasteiger partial charge is 0.387 e. The Morgan fingerprint density at radius 2 is 1.86 bits per heavy atom. The molecule has 0 aromatic heterocycles. The lowest BCUT2D eigenvalue weighted by Crippen LogP contribution is -2.04. The third-order valence-electron chi connectivity index (χ3n) is 3.13. The summed E-state index contributed by atoms with van der Waals surface area (Å²) >= 11 is 5.92. The number of aryl methyl sites for hydroxylation is 1. The Labute approximate surface area is 127 Å². The largest absolute Gasteiger partial charge is 0.433 e. The van der Waals surface area contributed by atoms with Crippen LogP contribution in [0.15, 0.2) is 42.5 Å². The molecule has 2 aromatic carbocycles. The van der Waals surface area contributed by atoms with Crippen molar-refractivity contribution in [3.05, 3.63) is 58.6 Å². The highest BCUT2D eigenvalue weighted by Gasteiger charge is 2.09. The average molecular weight is 312 g/mol. The summed E-state index contributed by atoms with van der Waals surface area (Å²) in [6.45, 7) is -0.126. The first-order valence-corrected chi connectivity index (χ1v) is 7.03. The lowest BCUT2D eigenvalue weighted by Gasteiger charge is -2.12. The molecule has 0 aliphatic rings. The van der Waals surface area contributed by atoms with Crippen LogP contribution in [0.3, 0.4) is 0 Å². The number of rotatable bonds is 6. The zero-order valence-corrected chi connectivity index (χ0v) is 12.3. The maximum atomic E-state index is 12.2. The third-order valence-corrected chi connectivity index (χ3v) is 3.43. The third kappa shape index (κ3) is 4.33. The molecule has 0 aliphatic carbocycles. The van der Waals surface area contributed by atoms with Gasteiger partial charge in [0.1, 0.15) is 5.75 Å². The molecule has 21 heavy (non-hydrogen) atoms. The minimum absolute atomic E-state index is 0.0221. The molecule has 0 bridgehead atoms. The van der Waals surface area contributed by atoms with Gasteiger partial charge in [-0.05, 0) is 35.7 Å². The minimum atomic E-state index is -2.88. The predicted molar refractivity (Wildman–Crippen MR) is 81.2 cm³/mol. The van der Waals surface area contributed by atoms with Gasteiger partial charge in [0.15, 0.2) is 0 Å². The molecule has 0 unspecified atom stereocenters. The molecule has 0 saturated heterocycles. The van der Waals surface area contributed by atoms with E-state index >= 15 is 0 Å². The van der Waals surface area contributed by atoms with Crippen LogP contribution in [0.5, 0.6) is 5.75 Å². The quantitative estimate of drug-likeness (QED) is 0.800. The minimum Gasteiger partial charge on any atom is -0.433 e. The highest BCUT2D eigenvalue weighted by Crippen LogP contribution is 2.29.